The van der Waals surface area contributed by atoms with Gasteiger partial charge < -0.3 is 26.0 Å². The predicted octanol–water partition coefficient (Wildman–Crippen LogP) is -4.59. The van der Waals surface area contributed by atoms with Gasteiger partial charge in [-0.3, -0.25) is 19.8 Å². The van der Waals surface area contributed by atoms with Gasteiger partial charge in [-0.1, -0.05) is 0 Å². The van der Waals surface area contributed by atoms with E-state index in [0.717, 1.165) is 4.90 Å². The van der Waals surface area contributed by atoms with E-state index in [4.69, 9.17) is 26.5 Å². The number of guanidine groups is 1. The smallest absolute Gasteiger partial charge is 0.481 e. The van der Waals surface area contributed by atoms with E-state index in [0.29, 0.717) is 0 Å². The zero-order valence-corrected chi connectivity index (χ0v) is 13.1. The van der Waals surface area contributed by atoms with Crippen LogP contribution in [0.4, 0.5) is 0 Å². The predicted molar refractivity (Wildman–Crippen MR) is 61.7 cm³/mol. The molecule has 20 heavy (non-hydrogen) atoms. The Labute approximate surface area is 136 Å². The third-order valence-electron chi connectivity index (χ3n) is 1.59. The minimum atomic E-state index is -1.58. The average Bonchev–Trinajstić information content (AvgIpc) is 2.25. The first-order chi connectivity index (χ1) is 8.57. The van der Waals surface area contributed by atoms with E-state index in [2.05, 4.69) is 0 Å². The fourth-order valence-electron chi connectivity index (χ4n) is 0.615. The van der Waals surface area contributed by atoms with E-state index in [9.17, 15) is 19.2 Å². The molecule has 0 atom stereocenters. The average molecular weight is 300 g/mol. The van der Waals surface area contributed by atoms with Crippen LogP contribution in [0.15, 0.2) is 0 Å². The molecule has 0 spiro atoms. The minimum Gasteiger partial charge on any atom is -0.481 e. The number of likely N-dealkylation sites (N-methyl/N-ethyl adjacent to an activating group) is 1. The molecule has 6 N–H and O–H groups in total. The third kappa shape index (κ3) is 16.4. The van der Waals surface area contributed by atoms with Crippen LogP contribution in [0.3, 0.4) is 0 Å². The van der Waals surface area contributed by atoms with Crippen molar-refractivity contribution < 1.29 is 64.1 Å². The number of nitrogens with one attached hydrogen (secondary N) is 1. The number of nitrogens with two attached hydrogens (primary N) is 1. The van der Waals surface area contributed by atoms with Crippen molar-refractivity contribution in [2.75, 3.05) is 13.6 Å². The van der Waals surface area contributed by atoms with Crippen molar-refractivity contribution in [3.05, 3.63) is 0 Å². The second kappa shape index (κ2) is 12.4. The number of carbonyl (C=O) groups excluding carboxylic acids is 1. The van der Waals surface area contributed by atoms with E-state index in [1.165, 1.54) is 7.05 Å². The molecule has 108 valence electrons. The fourth-order valence-corrected chi connectivity index (χ4v) is 0.615. The van der Waals surface area contributed by atoms with Crippen LogP contribution in [0.1, 0.15) is 12.8 Å². The maximum Gasteiger partial charge on any atom is 1.00 e. The minimum absolute atomic E-state index is 0. The van der Waals surface area contributed by atoms with Gasteiger partial charge in [0, 0.05) is 13.5 Å². The molecule has 0 aliphatic rings. The van der Waals surface area contributed by atoms with E-state index in [1.54, 1.807) is 0 Å². The maximum atomic E-state index is 10.2. The summed E-state index contributed by atoms with van der Waals surface area (Å²) in [6.45, 7) is -0.227. The molecule has 0 aliphatic heterocycles. The molecule has 0 unspecified atom stereocenters. The summed E-state index contributed by atoms with van der Waals surface area (Å²) in [5.74, 6) is -5.05. The Balaban J connectivity index is -0.000000277. The SMILES string of the molecule is CN(CC(=O)O)C(=N)N.O=C(O)CCC(=O)C(=O)O.[Na+]. The van der Waals surface area contributed by atoms with E-state index in [1.807, 2.05) is 0 Å². The number of Topliss-reactive ketones (excluding diaryl/α,β-unsaturated/α-hetero) is 1. The van der Waals surface area contributed by atoms with Crippen LogP contribution in [0.25, 0.3) is 0 Å². The van der Waals surface area contributed by atoms with Crippen molar-refractivity contribution in [3.8, 4) is 0 Å². The molecule has 10 nitrogen and oxygen atoms in total. The second-order valence-corrected chi connectivity index (χ2v) is 3.26. The van der Waals surface area contributed by atoms with E-state index in [-0.39, 0.29) is 42.1 Å². The molecule has 0 aromatic heterocycles. The van der Waals surface area contributed by atoms with Crippen molar-refractivity contribution in [2.45, 2.75) is 12.8 Å². The Morgan fingerprint density at radius 2 is 1.50 bits per heavy atom. The van der Waals surface area contributed by atoms with Crippen molar-refractivity contribution >= 4 is 29.7 Å². The first-order valence-electron chi connectivity index (χ1n) is 4.82. The Kier molecular flexibility index (Phi) is 14.5. The van der Waals surface area contributed by atoms with Gasteiger partial charge in [-0.2, -0.15) is 0 Å². The van der Waals surface area contributed by atoms with Crippen LogP contribution in [0, 0.1) is 5.41 Å². The van der Waals surface area contributed by atoms with Crippen LogP contribution >= 0.6 is 0 Å². The molecule has 0 heterocycles. The van der Waals surface area contributed by atoms with Crippen molar-refractivity contribution in [2.24, 2.45) is 5.73 Å². The van der Waals surface area contributed by atoms with Crippen molar-refractivity contribution in [1.82, 2.24) is 4.90 Å². The topological polar surface area (TPSA) is 182 Å². The van der Waals surface area contributed by atoms with Crippen LogP contribution < -0.4 is 35.3 Å². The van der Waals surface area contributed by atoms with Gasteiger partial charge in [-0.15, -0.1) is 0 Å². The molecule has 0 aliphatic carbocycles. The maximum absolute atomic E-state index is 10.2. The number of carboxylic acid groups (broad SMARTS) is 3. The molecule has 0 saturated carbocycles. The third-order valence-corrected chi connectivity index (χ3v) is 1.59. The van der Waals surface area contributed by atoms with Gasteiger partial charge in [0.2, 0.25) is 5.78 Å². The summed E-state index contributed by atoms with van der Waals surface area (Å²) in [6.07, 6.45) is -0.865. The van der Waals surface area contributed by atoms with Gasteiger partial charge >= 0.3 is 47.5 Å². The Hall–Kier alpha value is -1.65. The number of carboxylic acids is 3. The van der Waals surface area contributed by atoms with Crippen molar-refractivity contribution in [3.63, 3.8) is 0 Å². The molecule has 0 bridgehead atoms. The summed E-state index contributed by atoms with van der Waals surface area (Å²) in [6, 6.07) is 0. The number of rotatable bonds is 6. The molecular weight excluding hydrogens is 285 g/mol. The van der Waals surface area contributed by atoms with Gasteiger partial charge in [0.25, 0.3) is 0 Å². The van der Waals surface area contributed by atoms with Crippen LogP contribution in [0.2, 0.25) is 0 Å². The van der Waals surface area contributed by atoms with E-state index >= 15 is 0 Å². The molecule has 0 fully saturated rings. The number of hydrogen-bond acceptors (Lipinski definition) is 5. The summed E-state index contributed by atoms with van der Waals surface area (Å²) in [5.41, 5.74) is 4.93. The van der Waals surface area contributed by atoms with Gasteiger partial charge in [0.1, 0.15) is 6.54 Å². The zero-order chi connectivity index (χ0) is 15.6. The Morgan fingerprint density at radius 3 is 1.70 bits per heavy atom. The summed E-state index contributed by atoms with van der Waals surface area (Å²) >= 11 is 0. The van der Waals surface area contributed by atoms with Gasteiger partial charge in [-0.25, -0.2) is 4.79 Å². The van der Waals surface area contributed by atoms with Crippen LogP contribution in [0.5, 0.6) is 0 Å². The first-order valence-corrected chi connectivity index (χ1v) is 4.82. The van der Waals surface area contributed by atoms with Gasteiger partial charge in [0.15, 0.2) is 5.96 Å². The fraction of sp³-hybridized carbons (Fsp3) is 0.444. The van der Waals surface area contributed by atoms with Gasteiger partial charge in [-0.05, 0) is 0 Å². The molecule has 0 aromatic carbocycles. The summed E-state index contributed by atoms with van der Waals surface area (Å²) in [5, 5.41) is 30.8. The normalized spacial score (nSPS) is 8.25. The summed E-state index contributed by atoms with van der Waals surface area (Å²) < 4.78 is 0. The largest absolute Gasteiger partial charge is 1.00 e. The molecule has 0 amide bonds. The zero-order valence-electron chi connectivity index (χ0n) is 11.1. The Morgan fingerprint density at radius 1 is 1.05 bits per heavy atom. The number of hydrogen-bond donors (Lipinski definition) is 5. The molecule has 0 rings (SSSR count). The molecular formula is C9H15N3NaO7+. The quantitative estimate of drug-likeness (QED) is 0.139. The molecule has 0 aromatic rings. The molecule has 11 heteroatoms. The van der Waals surface area contributed by atoms with Gasteiger partial charge in [0.05, 0.1) is 6.42 Å². The summed E-state index contributed by atoms with van der Waals surface area (Å²) in [7, 11) is 1.44. The number of nitrogens with zero attached hydrogens (tertiary/aromatic N) is 1. The number of aliphatic carboxylic acids is 3. The molecule has 0 saturated heterocycles. The van der Waals surface area contributed by atoms with E-state index < -0.39 is 36.5 Å². The first kappa shape index (κ1) is 23.4. The summed E-state index contributed by atoms with van der Waals surface area (Å²) in [4.78, 5) is 40.8. The van der Waals surface area contributed by atoms with Crippen LogP contribution in [-0.4, -0.2) is 63.5 Å². The van der Waals surface area contributed by atoms with Crippen molar-refractivity contribution in [1.29, 1.82) is 5.41 Å². The number of ketones is 1. The molecule has 0 radical (unpaired) electrons. The standard InChI is InChI=1S/C5H6O5.C4H9N3O2.Na/c6-3(5(9)10)1-2-4(7)8;1-7(4(5)6)2-3(8)9;/h1-2H2,(H,7,8)(H,9,10);2H2,1H3,(H3,5,6)(H,8,9);/q;;+1. The second-order valence-electron chi connectivity index (χ2n) is 3.26. The number of carbonyl (C=O) groups is 4. The van der Waals surface area contributed by atoms with Crippen LogP contribution in [-0.2, 0) is 19.2 Å². The Bertz CT molecular complexity index is 386. The monoisotopic (exact) mass is 300 g/mol.